The normalized spacial score (nSPS) is 12.1. The molecule has 1 aromatic carbocycles. The van der Waals surface area contributed by atoms with E-state index in [4.69, 9.17) is 27.9 Å². The van der Waals surface area contributed by atoms with E-state index in [1.54, 1.807) is 31.2 Å². The number of aromatic amines is 1. The predicted molar refractivity (Wildman–Crippen MR) is 90.5 cm³/mol. The summed E-state index contributed by atoms with van der Waals surface area (Å²) >= 11 is 11.6. The van der Waals surface area contributed by atoms with Crippen LogP contribution in [0.4, 0.5) is 0 Å². The molecule has 0 spiro atoms. The van der Waals surface area contributed by atoms with Gasteiger partial charge < -0.3 is 9.72 Å². The van der Waals surface area contributed by atoms with Crippen LogP contribution in [-0.2, 0) is 4.74 Å². The number of esters is 1. The molecule has 0 unspecified atom stereocenters. The summed E-state index contributed by atoms with van der Waals surface area (Å²) in [6.45, 7) is 1.61. The number of H-pyrrole nitrogens is 1. The molecule has 1 atom stereocenters. The van der Waals surface area contributed by atoms with Crippen molar-refractivity contribution in [3.05, 3.63) is 68.4 Å². The molecule has 0 aliphatic heterocycles. The molecular formula is C16H11Cl2N3O3. The van der Waals surface area contributed by atoms with Gasteiger partial charge in [-0.1, -0.05) is 35.3 Å². The number of aromatic nitrogens is 3. The van der Waals surface area contributed by atoms with Gasteiger partial charge in [0.15, 0.2) is 11.9 Å². The number of halogens is 2. The molecule has 0 bridgehead atoms. The Morgan fingerprint density at radius 1 is 1.29 bits per heavy atom. The highest BCUT2D eigenvalue weighted by atomic mass is 35.5. The molecule has 24 heavy (non-hydrogen) atoms. The molecule has 0 aliphatic rings. The van der Waals surface area contributed by atoms with Gasteiger partial charge in [0, 0.05) is 6.20 Å². The van der Waals surface area contributed by atoms with Gasteiger partial charge in [-0.25, -0.2) is 14.8 Å². The van der Waals surface area contributed by atoms with Crippen molar-refractivity contribution in [2.45, 2.75) is 13.0 Å². The molecule has 0 aliphatic carbocycles. The number of hydrogen-bond donors (Lipinski definition) is 1. The first kappa shape index (κ1) is 16.4. The maximum Gasteiger partial charge on any atom is 0.340 e. The Balaban J connectivity index is 1.86. The van der Waals surface area contributed by atoms with E-state index in [0.717, 1.165) is 0 Å². The molecule has 0 amide bonds. The quantitative estimate of drug-likeness (QED) is 0.568. The van der Waals surface area contributed by atoms with Crippen molar-refractivity contribution in [3.8, 4) is 0 Å². The van der Waals surface area contributed by atoms with Crippen LogP contribution < -0.4 is 5.56 Å². The van der Waals surface area contributed by atoms with Crippen molar-refractivity contribution in [1.82, 2.24) is 15.0 Å². The lowest BCUT2D eigenvalue weighted by molar-refractivity contribution is 0.0319. The second kappa shape index (κ2) is 6.59. The molecule has 2 heterocycles. The van der Waals surface area contributed by atoms with Gasteiger partial charge in [0.25, 0.3) is 5.56 Å². The predicted octanol–water partition coefficient (Wildman–Crippen LogP) is 3.54. The van der Waals surface area contributed by atoms with Crippen LogP contribution in [-0.4, -0.2) is 20.9 Å². The van der Waals surface area contributed by atoms with E-state index in [9.17, 15) is 9.59 Å². The van der Waals surface area contributed by atoms with Crippen molar-refractivity contribution >= 4 is 40.1 Å². The second-order valence-electron chi connectivity index (χ2n) is 5.01. The fourth-order valence-electron chi connectivity index (χ4n) is 2.11. The molecule has 3 aromatic rings. The summed E-state index contributed by atoms with van der Waals surface area (Å²) in [5.41, 5.74) is 0.379. The number of benzene rings is 1. The molecule has 0 fully saturated rings. The van der Waals surface area contributed by atoms with Crippen molar-refractivity contribution < 1.29 is 9.53 Å². The lowest BCUT2D eigenvalue weighted by atomic mass is 10.2. The van der Waals surface area contributed by atoms with E-state index < -0.39 is 12.1 Å². The molecule has 0 saturated heterocycles. The number of fused-ring (bicyclic) bond motifs is 1. The number of rotatable bonds is 3. The summed E-state index contributed by atoms with van der Waals surface area (Å²) in [7, 11) is 0. The number of carbonyl (C=O) groups excluding carboxylic acids is 1. The fraction of sp³-hybridized carbons (Fsp3) is 0.125. The third kappa shape index (κ3) is 3.25. The lowest BCUT2D eigenvalue weighted by Gasteiger charge is -2.13. The van der Waals surface area contributed by atoms with Crippen LogP contribution in [0, 0.1) is 0 Å². The van der Waals surface area contributed by atoms with Gasteiger partial charge in [0.05, 0.1) is 21.5 Å². The largest absolute Gasteiger partial charge is 0.451 e. The standard InChI is InChI=1S/C16H11Cl2N3O3/c1-8(24-16(23)9-6-11(17)13(18)19-7-9)14-20-12-5-3-2-4-10(12)15(22)21-14/h2-8H,1H3,(H,20,21,22)/t8-/m1/s1. The van der Waals surface area contributed by atoms with Gasteiger partial charge in [-0.15, -0.1) is 0 Å². The van der Waals surface area contributed by atoms with E-state index in [0.29, 0.717) is 10.9 Å². The summed E-state index contributed by atoms with van der Waals surface area (Å²) in [5.74, 6) is -0.399. The van der Waals surface area contributed by atoms with E-state index in [2.05, 4.69) is 15.0 Å². The zero-order chi connectivity index (χ0) is 17.3. The number of nitrogens with zero attached hydrogens (tertiary/aromatic N) is 2. The van der Waals surface area contributed by atoms with Crippen LogP contribution in [0.25, 0.3) is 10.9 Å². The highest BCUT2D eigenvalue weighted by Gasteiger charge is 2.18. The Hall–Kier alpha value is -2.44. The summed E-state index contributed by atoms with van der Waals surface area (Å²) in [5, 5.41) is 0.714. The molecule has 3 rings (SSSR count). The zero-order valence-corrected chi connectivity index (χ0v) is 13.9. The van der Waals surface area contributed by atoms with Gasteiger partial charge in [-0.05, 0) is 25.1 Å². The van der Waals surface area contributed by atoms with E-state index in [-0.39, 0.29) is 27.1 Å². The Bertz CT molecular complexity index is 988. The maximum atomic E-state index is 12.2. The van der Waals surface area contributed by atoms with Crippen LogP contribution in [0.15, 0.2) is 41.3 Å². The average Bonchev–Trinajstić information content (AvgIpc) is 2.57. The number of nitrogens with one attached hydrogen (secondary N) is 1. The van der Waals surface area contributed by atoms with Crippen molar-refractivity contribution in [1.29, 1.82) is 0 Å². The summed E-state index contributed by atoms with van der Waals surface area (Å²) in [6, 6.07) is 8.27. The number of hydrogen-bond acceptors (Lipinski definition) is 5. The smallest absolute Gasteiger partial charge is 0.340 e. The topological polar surface area (TPSA) is 84.9 Å². The molecule has 1 N–H and O–H groups in total. The Labute approximate surface area is 146 Å². The van der Waals surface area contributed by atoms with E-state index >= 15 is 0 Å². The molecule has 0 radical (unpaired) electrons. The van der Waals surface area contributed by atoms with Crippen LogP contribution in [0.5, 0.6) is 0 Å². The number of carbonyl (C=O) groups is 1. The van der Waals surface area contributed by atoms with Gasteiger partial charge in [-0.2, -0.15) is 0 Å². The summed E-state index contributed by atoms with van der Waals surface area (Å²) in [4.78, 5) is 35.0. The minimum absolute atomic E-state index is 0.0989. The van der Waals surface area contributed by atoms with Gasteiger partial charge in [-0.3, -0.25) is 4.79 Å². The summed E-state index contributed by atoms with van der Waals surface area (Å²) < 4.78 is 5.31. The molecule has 122 valence electrons. The summed E-state index contributed by atoms with van der Waals surface area (Å²) in [6.07, 6.45) is 0.504. The fourth-order valence-corrected chi connectivity index (χ4v) is 2.38. The van der Waals surface area contributed by atoms with Gasteiger partial charge in [0.2, 0.25) is 0 Å². The third-order valence-electron chi connectivity index (χ3n) is 3.33. The van der Waals surface area contributed by atoms with Crippen molar-refractivity contribution in [3.63, 3.8) is 0 Å². The first-order valence-corrected chi connectivity index (χ1v) is 7.72. The number of ether oxygens (including phenoxy) is 1. The zero-order valence-electron chi connectivity index (χ0n) is 12.4. The number of pyridine rings is 1. The molecule has 6 nitrogen and oxygen atoms in total. The van der Waals surface area contributed by atoms with Crippen LogP contribution in [0.2, 0.25) is 10.2 Å². The lowest BCUT2D eigenvalue weighted by Crippen LogP contribution is -2.17. The SMILES string of the molecule is C[C@@H](OC(=O)c1cnc(Cl)c(Cl)c1)c1nc2ccccc2c(=O)[nH]1. The second-order valence-corrected chi connectivity index (χ2v) is 5.78. The monoisotopic (exact) mass is 363 g/mol. The van der Waals surface area contributed by atoms with Crippen LogP contribution >= 0.6 is 23.2 Å². The maximum absolute atomic E-state index is 12.2. The number of para-hydroxylation sites is 1. The first-order valence-electron chi connectivity index (χ1n) is 6.96. The van der Waals surface area contributed by atoms with Crippen LogP contribution in [0.1, 0.15) is 29.2 Å². The van der Waals surface area contributed by atoms with E-state index in [1.807, 2.05) is 0 Å². The first-order chi connectivity index (χ1) is 11.5. The molecule has 2 aromatic heterocycles. The molecule has 8 heteroatoms. The Morgan fingerprint density at radius 3 is 2.79 bits per heavy atom. The van der Waals surface area contributed by atoms with Crippen molar-refractivity contribution in [2.24, 2.45) is 0 Å². The Kier molecular flexibility index (Phi) is 4.51. The van der Waals surface area contributed by atoms with Gasteiger partial charge >= 0.3 is 5.97 Å². The minimum atomic E-state index is -0.760. The minimum Gasteiger partial charge on any atom is -0.451 e. The average molecular weight is 364 g/mol. The molecular weight excluding hydrogens is 353 g/mol. The highest BCUT2D eigenvalue weighted by molar-refractivity contribution is 6.41. The third-order valence-corrected chi connectivity index (χ3v) is 4.02. The van der Waals surface area contributed by atoms with E-state index in [1.165, 1.54) is 12.3 Å². The molecule has 0 saturated carbocycles. The Morgan fingerprint density at radius 2 is 2.04 bits per heavy atom. The van der Waals surface area contributed by atoms with Gasteiger partial charge in [0.1, 0.15) is 5.15 Å². The van der Waals surface area contributed by atoms with Crippen LogP contribution in [0.3, 0.4) is 0 Å². The van der Waals surface area contributed by atoms with Crippen molar-refractivity contribution in [2.75, 3.05) is 0 Å². The highest BCUT2D eigenvalue weighted by Crippen LogP contribution is 2.22.